The predicted molar refractivity (Wildman–Crippen MR) is 92.7 cm³/mol. The third-order valence-electron chi connectivity index (χ3n) is 8.00. The Labute approximate surface area is 149 Å². The van der Waals surface area contributed by atoms with E-state index in [1.165, 1.54) is 12.5 Å². The second-order valence-electron chi connectivity index (χ2n) is 9.17. The fraction of sp³-hybridized carbons (Fsp3) is 0.762. The number of hydrogen-bond acceptors (Lipinski definition) is 4. The highest BCUT2D eigenvalue weighted by atomic mass is 16.5. The monoisotopic (exact) mass is 344 g/mol. The van der Waals surface area contributed by atoms with Crippen LogP contribution in [0.2, 0.25) is 0 Å². The number of hydrogen-bond donors (Lipinski definition) is 0. The lowest BCUT2D eigenvalue weighted by atomic mass is 9.47. The Morgan fingerprint density at radius 1 is 1.12 bits per heavy atom. The van der Waals surface area contributed by atoms with E-state index in [1.807, 2.05) is 6.08 Å². The molecule has 0 aromatic rings. The number of carbonyl (C=O) groups is 3. The van der Waals surface area contributed by atoms with Crippen LogP contribution in [0.15, 0.2) is 11.6 Å². The largest absolute Gasteiger partial charge is 0.454 e. The Bertz CT molecular complexity index is 677. The zero-order chi connectivity index (χ0) is 18.0. The van der Waals surface area contributed by atoms with Gasteiger partial charge in [-0.15, -0.1) is 0 Å². The zero-order valence-corrected chi connectivity index (χ0v) is 15.5. The minimum atomic E-state index is -0.561. The van der Waals surface area contributed by atoms with E-state index in [0.29, 0.717) is 30.6 Å². The van der Waals surface area contributed by atoms with E-state index >= 15 is 0 Å². The number of allylic oxidation sites excluding steroid dienone is 1. The molecule has 0 aliphatic heterocycles. The van der Waals surface area contributed by atoms with E-state index in [2.05, 4.69) is 13.8 Å². The topological polar surface area (TPSA) is 60.4 Å². The molecule has 4 aliphatic carbocycles. The van der Waals surface area contributed by atoms with Crippen molar-refractivity contribution in [1.29, 1.82) is 0 Å². The molecule has 0 spiro atoms. The van der Waals surface area contributed by atoms with Crippen molar-refractivity contribution in [3.05, 3.63) is 11.6 Å². The summed E-state index contributed by atoms with van der Waals surface area (Å²) in [6, 6.07) is 0. The molecule has 0 N–H and O–H groups in total. The average molecular weight is 344 g/mol. The second kappa shape index (κ2) is 5.52. The number of rotatable bonds is 1. The van der Waals surface area contributed by atoms with Crippen LogP contribution in [0.3, 0.4) is 0 Å². The Balaban J connectivity index is 1.66. The molecule has 0 bridgehead atoms. The number of fused-ring (bicyclic) bond motifs is 5. The summed E-state index contributed by atoms with van der Waals surface area (Å²) < 4.78 is 5.48. The summed E-state index contributed by atoms with van der Waals surface area (Å²) in [5.41, 5.74) is 1.24. The summed E-state index contributed by atoms with van der Waals surface area (Å²) in [6.45, 7) is 5.89. The van der Waals surface area contributed by atoms with Crippen molar-refractivity contribution in [1.82, 2.24) is 0 Å². The van der Waals surface area contributed by atoms with Crippen LogP contribution in [0.1, 0.15) is 65.7 Å². The minimum Gasteiger partial charge on any atom is -0.454 e. The molecule has 0 radical (unpaired) electrons. The SMILES string of the molecule is CC(=O)OC1C(=O)C[C@H]2[C@@H]3CCC4=CC(=O)CC[C@]4(C)[C@@H]3CC[C@]12C. The molecule has 4 nitrogen and oxygen atoms in total. The van der Waals surface area contributed by atoms with Gasteiger partial charge in [-0.25, -0.2) is 0 Å². The second-order valence-corrected chi connectivity index (χ2v) is 9.17. The summed E-state index contributed by atoms with van der Waals surface area (Å²) in [7, 11) is 0. The molecular weight excluding hydrogens is 316 g/mol. The molecule has 1 unspecified atom stereocenters. The van der Waals surface area contributed by atoms with Crippen molar-refractivity contribution in [3.8, 4) is 0 Å². The lowest BCUT2D eigenvalue weighted by molar-refractivity contribution is -0.161. The van der Waals surface area contributed by atoms with Gasteiger partial charge in [0.2, 0.25) is 0 Å². The van der Waals surface area contributed by atoms with Gasteiger partial charge in [0.25, 0.3) is 0 Å². The Kier molecular flexibility index (Phi) is 3.75. The van der Waals surface area contributed by atoms with E-state index in [0.717, 1.165) is 32.1 Å². The first kappa shape index (κ1) is 17.0. The smallest absolute Gasteiger partial charge is 0.303 e. The van der Waals surface area contributed by atoms with Crippen LogP contribution < -0.4 is 0 Å². The van der Waals surface area contributed by atoms with Crippen LogP contribution >= 0.6 is 0 Å². The van der Waals surface area contributed by atoms with E-state index < -0.39 is 6.10 Å². The van der Waals surface area contributed by atoms with Gasteiger partial charge in [0.1, 0.15) is 0 Å². The van der Waals surface area contributed by atoms with Gasteiger partial charge >= 0.3 is 5.97 Å². The zero-order valence-electron chi connectivity index (χ0n) is 15.5. The van der Waals surface area contributed by atoms with Gasteiger partial charge in [-0.3, -0.25) is 14.4 Å². The van der Waals surface area contributed by atoms with Crippen molar-refractivity contribution in [3.63, 3.8) is 0 Å². The first-order valence-electron chi connectivity index (χ1n) is 9.69. The van der Waals surface area contributed by atoms with Gasteiger partial charge in [-0.05, 0) is 61.3 Å². The molecular formula is C21H28O4. The van der Waals surface area contributed by atoms with Crippen molar-refractivity contribution >= 4 is 17.5 Å². The predicted octanol–water partition coefficient (Wildman–Crippen LogP) is 3.63. The third-order valence-corrected chi connectivity index (χ3v) is 8.00. The van der Waals surface area contributed by atoms with Crippen LogP contribution in [0.4, 0.5) is 0 Å². The summed E-state index contributed by atoms with van der Waals surface area (Å²) in [5, 5.41) is 0. The fourth-order valence-corrected chi connectivity index (χ4v) is 6.67. The van der Waals surface area contributed by atoms with Crippen LogP contribution in [0.25, 0.3) is 0 Å². The highest BCUT2D eigenvalue weighted by Gasteiger charge is 2.62. The van der Waals surface area contributed by atoms with Crippen LogP contribution in [0.5, 0.6) is 0 Å². The molecule has 4 rings (SSSR count). The minimum absolute atomic E-state index is 0.105. The van der Waals surface area contributed by atoms with Gasteiger partial charge in [0, 0.05) is 25.2 Å². The van der Waals surface area contributed by atoms with Gasteiger partial charge in [0.15, 0.2) is 17.7 Å². The highest BCUT2D eigenvalue weighted by molar-refractivity contribution is 5.92. The maximum Gasteiger partial charge on any atom is 0.303 e. The Hall–Kier alpha value is -1.45. The van der Waals surface area contributed by atoms with Crippen LogP contribution in [-0.2, 0) is 19.1 Å². The molecule has 0 aromatic carbocycles. The van der Waals surface area contributed by atoms with Crippen molar-refractivity contribution < 1.29 is 19.1 Å². The summed E-state index contributed by atoms with van der Waals surface area (Å²) in [5.74, 6) is 1.38. The molecule has 4 aliphatic rings. The maximum atomic E-state index is 12.6. The third kappa shape index (κ3) is 2.36. The summed E-state index contributed by atoms with van der Waals surface area (Å²) >= 11 is 0. The Morgan fingerprint density at radius 2 is 1.88 bits per heavy atom. The fourth-order valence-electron chi connectivity index (χ4n) is 6.67. The highest BCUT2D eigenvalue weighted by Crippen LogP contribution is 2.65. The number of ether oxygens (including phenoxy) is 1. The average Bonchev–Trinajstić information content (AvgIpc) is 2.79. The summed E-state index contributed by atoms with van der Waals surface area (Å²) in [6.07, 6.45) is 7.52. The quantitative estimate of drug-likeness (QED) is 0.682. The number of Topliss-reactive ketones (excluding diaryl/α,β-unsaturated/α-hetero) is 1. The van der Waals surface area contributed by atoms with E-state index in [4.69, 9.17) is 4.74 Å². The molecule has 0 saturated heterocycles. The van der Waals surface area contributed by atoms with Gasteiger partial charge in [0.05, 0.1) is 0 Å². The number of carbonyl (C=O) groups excluding carboxylic acids is 3. The van der Waals surface area contributed by atoms with E-state index in [1.54, 1.807) is 0 Å². The number of esters is 1. The first-order valence-corrected chi connectivity index (χ1v) is 9.69. The molecule has 3 fully saturated rings. The Morgan fingerprint density at radius 3 is 2.60 bits per heavy atom. The lowest BCUT2D eigenvalue weighted by Crippen LogP contribution is -2.51. The van der Waals surface area contributed by atoms with E-state index in [9.17, 15) is 14.4 Å². The summed E-state index contributed by atoms with van der Waals surface area (Å²) in [4.78, 5) is 36.0. The normalized spacial score (nSPS) is 46.0. The molecule has 6 atom stereocenters. The lowest BCUT2D eigenvalue weighted by Gasteiger charge is -2.57. The maximum absolute atomic E-state index is 12.6. The number of ketones is 2. The van der Waals surface area contributed by atoms with Gasteiger partial charge in [-0.1, -0.05) is 19.4 Å². The van der Waals surface area contributed by atoms with Crippen LogP contribution in [0, 0.1) is 28.6 Å². The van der Waals surface area contributed by atoms with Crippen molar-refractivity contribution in [2.75, 3.05) is 0 Å². The first-order chi connectivity index (χ1) is 11.8. The van der Waals surface area contributed by atoms with Gasteiger partial charge in [-0.2, -0.15) is 0 Å². The molecule has 25 heavy (non-hydrogen) atoms. The van der Waals surface area contributed by atoms with Crippen LogP contribution in [-0.4, -0.2) is 23.6 Å². The molecule has 4 heteroatoms. The molecule has 136 valence electrons. The van der Waals surface area contributed by atoms with Gasteiger partial charge < -0.3 is 4.74 Å². The van der Waals surface area contributed by atoms with E-state index in [-0.39, 0.29) is 28.4 Å². The standard InChI is InChI=1S/C21H28O4/c1-12(22)25-19-18(24)11-17-15-5-4-13-10-14(23)6-8-20(13,2)16(15)7-9-21(17,19)3/h10,15-17,19H,4-9,11H2,1-3H3/t15-,16-,17+,19?,20+,21+/m1/s1. The molecule has 3 saturated carbocycles. The molecule has 0 aromatic heterocycles. The molecule has 0 heterocycles. The van der Waals surface area contributed by atoms with Crippen molar-refractivity contribution in [2.45, 2.75) is 71.8 Å². The molecule has 0 amide bonds. The van der Waals surface area contributed by atoms with Crippen molar-refractivity contribution in [2.24, 2.45) is 28.6 Å².